The number of pyridine rings is 1. The highest BCUT2D eigenvalue weighted by molar-refractivity contribution is 5.76. The van der Waals surface area contributed by atoms with Crippen molar-refractivity contribution in [2.45, 2.75) is 50.9 Å². The molecule has 1 fully saturated rings. The predicted octanol–water partition coefficient (Wildman–Crippen LogP) is 4.35. The number of aromatic nitrogens is 3. The molecule has 4 rings (SSSR count). The van der Waals surface area contributed by atoms with Gasteiger partial charge in [-0.2, -0.15) is 0 Å². The van der Waals surface area contributed by atoms with Crippen molar-refractivity contribution in [2.24, 2.45) is 11.8 Å². The molecule has 2 aromatic heterocycles. The number of anilines is 1. The maximum absolute atomic E-state index is 12.3. The lowest BCUT2D eigenvalue weighted by Crippen LogP contribution is -2.32. The predicted molar refractivity (Wildman–Crippen MR) is 124 cm³/mol. The SMILES string of the molecule is CN(C)c1ncc(-c2ccncc2)c(C2CCC(CNC(=O)C[C@H]3C=CCC3)CC2)n1. The minimum absolute atomic E-state index is 0.199. The van der Waals surface area contributed by atoms with Crippen LogP contribution in [0.1, 0.15) is 56.6 Å². The fourth-order valence-electron chi connectivity index (χ4n) is 4.74. The number of hydrogen-bond donors (Lipinski definition) is 1. The van der Waals surface area contributed by atoms with E-state index in [4.69, 9.17) is 4.98 Å². The summed E-state index contributed by atoms with van der Waals surface area (Å²) in [4.78, 5) is 27.9. The van der Waals surface area contributed by atoms with Crippen molar-refractivity contribution in [2.75, 3.05) is 25.5 Å². The summed E-state index contributed by atoms with van der Waals surface area (Å²) in [7, 11) is 3.96. The topological polar surface area (TPSA) is 71.0 Å². The Morgan fingerprint density at radius 2 is 1.90 bits per heavy atom. The van der Waals surface area contributed by atoms with Crippen LogP contribution in [0.2, 0.25) is 0 Å². The quantitative estimate of drug-likeness (QED) is 0.676. The second-order valence-electron chi connectivity index (χ2n) is 9.09. The summed E-state index contributed by atoms with van der Waals surface area (Å²) in [5.41, 5.74) is 3.36. The Hall–Kier alpha value is -2.76. The van der Waals surface area contributed by atoms with Crippen LogP contribution in [0, 0.1) is 11.8 Å². The zero-order valence-corrected chi connectivity index (χ0v) is 18.6. The Morgan fingerprint density at radius 3 is 2.58 bits per heavy atom. The molecule has 0 bridgehead atoms. The van der Waals surface area contributed by atoms with Gasteiger partial charge in [-0.15, -0.1) is 0 Å². The van der Waals surface area contributed by atoms with Crippen LogP contribution >= 0.6 is 0 Å². The highest BCUT2D eigenvalue weighted by Crippen LogP contribution is 2.39. The van der Waals surface area contributed by atoms with E-state index in [0.717, 1.165) is 67.8 Å². The maximum atomic E-state index is 12.3. The number of nitrogens with one attached hydrogen (secondary N) is 1. The van der Waals surface area contributed by atoms with Crippen LogP contribution in [0.25, 0.3) is 11.1 Å². The molecule has 2 aliphatic carbocycles. The molecule has 0 unspecified atom stereocenters. The van der Waals surface area contributed by atoms with E-state index < -0.39 is 0 Å². The van der Waals surface area contributed by atoms with Crippen LogP contribution in [-0.4, -0.2) is 41.5 Å². The Kier molecular flexibility index (Phi) is 6.95. The van der Waals surface area contributed by atoms with E-state index in [9.17, 15) is 4.79 Å². The minimum Gasteiger partial charge on any atom is -0.356 e. The molecule has 2 aromatic rings. The number of carbonyl (C=O) groups excluding carboxylic acids is 1. The van der Waals surface area contributed by atoms with E-state index >= 15 is 0 Å². The van der Waals surface area contributed by atoms with Crippen molar-refractivity contribution in [3.8, 4) is 11.1 Å². The molecule has 2 aliphatic rings. The fraction of sp³-hybridized carbons (Fsp3) is 0.520. The van der Waals surface area contributed by atoms with E-state index in [-0.39, 0.29) is 5.91 Å². The lowest BCUT2D eigenvalue weighted by atomic mass is 9.79. The van der Waals surface area contributed by atoms with Crippen LogP contribution in [-0.2, 0) is 4.79 Å². The molecule has 0 saturated heterocycles. The molecule has 164 valence electrons. The second-order valence-corrected chi connectivity index (χ2v) is 9.09. The van der Waals surface area contributed by atoms with Crippen LogP contribution in [0.3, 0.4) is 0 Å². The van der Waals surface area contributed by atoms with Gasteiger partial charge in [-0.25, -0.2) is 9.97 Å². The highest BCUT2D eigenvalue weighted by atomic mass is 16.1. The van der Waals surface area contributed by atoms with Gasteiger partial charge >= 0.3 is 0 Å². The van der Waals surface area contributed by atoms with Gasteiger partial charge in [0.05, 0.1) is 5.69 Å². The lowest BCUT2D eigenvalue weighted by Gasteiger charge is -2.30. The molecule has 1 amide bonds. The Balaban J connectivity index is 1.38. The number of amides is 1. The molecule has 6 heteroatoms. The minimum atomic E-state index is 0.199. The molecule has 0 spiro atoms. The van der Waals surface area contributed by atoms with Crippen molar-refractivity contribution in [3.63, 3.8) is 0 Å². The van der Waals surface area contributed by atoms with E-state index in [2.05, 4.69) is 27.4 Å². The summed E-state index contributed by atoms with van der Waals surface area (Å²) in [6.45, 7) is 0.798. The van der Waals surface area contributed by atoms with Crippen LogP contribution in [0.4, 0.5) is 5.95 Å². The van der Waals surface area contributed by atoms with E-state index in [1.54, 1.807) is 0 Å². The Morgan fingerprint density at radius 1 is 1.13 bits per heavy atom. The molecule has 0 radical (unpaired) electrons. The van der Waals surface area contributed by atoms with Gasteiger partial charge in [0.1, 0.15) is 0 Å². The summed E-state index contributed by atoms with van der Waals surface area (Å²) in [5.74, 6) is 2.36. The van der Waals surface area contributed by atoms with Crippen molar-refractivity contribution >= 4 is 11.9 Å². The van der Waals surface area contributed by atoms with E-state index in [1.165, 1.54) is 0 Å². The Bertz CT molecular complexity index is 903. The summed E-state index contributed by atoms with van der Waals surface area (Å²) < 4.78 is 0. The Labute approximate surface area is 185 Å². The van der Waals surface area contributed by atoms with E-state index in [0.29, 0.717) is 24.2 Å². The smallest absolute Gasteiger partial charge is 0.225 e. The van der Waals surface area contributed by atoms with Gasteiger partial charge in [-0.05, 0) is 68.1 Å². The first-order valence-electron chi connectivity index (χ1n) is 11.5. The van der Waals surface area contributed by atoms with Gasteiger partial charge in [-0.3, -0.25) is 9.78 Å². The zero-order chi connectivity index (χ0) is 21.6. The third-order valence-corrected chi connectivity index (χ3v) is 6.58. The van der Waals surface area contributed by atoms with Gasteiger partial charge in [0, 0.05) is 57.1 Å². The number of hydrogen-bond acceptors (Lipinski definition) is 5. The van der Waals surface area contributed by atoms with Crippen LogP contribution in [0.15, 0.2) is 42.9 Å². The van der Waals surface area contributed by atoms with Gasteiger partial charge in [0.15, 0.2) is 0 Å². The van der Waals surface area contributed by atoms with Crippen LogP contribution < -0.4 is 10.2 Å². The average molecular weight is 420 g/mol. The van der Waals surface area contributed by atoms with Crippen molar-refractivity contribution < 1.29 is 4.79 Å². The first-order chi connectivity index (χ1) is 15.1. The molecular formula is C25H33N5O. The third-order valence-electron chi connectivity index (χ3n) is 6.58. The van der Waals surface area contributed by atoms with Crippen LogP contribution in [0.5, 0.6) is 0 Å². The monoisotopic (exact) mass is 419 g/mol. The standard InChI is InChI=1S/C25H33N5O/c1-30(2)25-28-17-22(20-11-13-26-14-12-20)24(29-25)21-9-7-19(8-10-21)16-27-23(31)15-18-5-3-4-6-18/h3,5,11-14,17-19,21H,4,6-10,15-16H2,1-2H3,(H,27,31)/t18-,19?,21?/m0/s1. The molecule has 31 heavy (non-hydrogen) atoms. The zero-order valence-electron chi connectivity index (χ0n) is 18.6. The summed E-state index contributed by atoms with van der Waals surface area (Å²) >= 11 is 0. The van der Waals surface area contributed by atoms with Gasteiger partial charge in [-0.1, -0.05) is 12.2 Å². The molecule has 0 aliphatic heterocycles. The molecule has 6 nitrogen and oxygen atoms in total. The number of allylic oxidation sites excluding steroid dienone is 2. The molecule has 1 atom stereocenters. The first kappa shape index (κ1) is 21.5. The fourth-order valence-corrected chi connectivity index (χ4v) is 4.74. The van der Waals surface area contributed by atoms with Gasteiger partial charge in [0.25, 0.3) is 0 Å². The lowest BCUT2D eigenvalue weighted by molar-refractivity contribution is -0.121. The number of rotatable bonds is 7. The summed E-state index contributed by atoms with van der Waals surface area (Å²) in [6, 6.07) is 4.05. The first-order valence-corrected chi connectivity index (χ1v) is 11.5. The third kappa shape index (κ3) is 5.49. The average Bonchev–Trinajstić information content (AvgIpc) is 3.31. The normalized spacial score (nSPS) is 23.0. The molecule has 0 aromatic carbocycles. The van der Waals surface area contributed by atoms with Gasteiger partial charge < -0.3 is 10.2 Å². The summed E-state index contributed by atoms with van der Waals surface area (Å²) in [6.07, 6.45) is 17.3. The largest absolute Gasteiger partial charge is 0.356 e. The maximum Gasteiger partial charge on any atom is 0.225 e. The molecule has 2 heterocycles. The molecule has 1 N–H and O–H groups in total. The number of carbonyl (C=O) groups is 1. The molecular weight excluding hydrogens is 386 g/mol. The van der Waals surface area contributed by atoms with Crippen molar-refractivity contribution in [3.05, 3.63) is 48.6 Å². The van der Waals surface area contributed by atoms with Crippen molar-refractivity contribution in [1.29, 1.82) is 0 Å². The van der Waals surface area contributed by atoms with Gasteiger partial charge in [0.2, 0.25) is 11.9 Å². The molecule has 1 saturated carbocycles. The second kappa shape index (κ2) is 10.0. The number of nitrogens with zero attached hydrogens (tertiary/aromatic N) is 4. The highest BCUT2D eigenvalue weighted by Gasteiger charge is 2.27. The summed E-state index contributed by atoms with van der Waals surface area (Å²) in [5, 5.41) is 3.18. The van der Waals surface area contributed by atoms with E-state index in [1.807, 2.05) is 49.7 Å². The van der Waals surface area contributed by atoms with Crippen molar-refractivity contribution in [1.82, 2.24) is 20.3 Å².